The number of aryl methyl sites for hydroxylation is 2. The van der Waals surface area contributed by atoms with Crippen molar-refractivity contribution in [2.24, 2.45) is 0 Å². The highest BCUT2D eigenvalue weighted by Gasteiger charge is 2.35. The highest BCUT2D eigenvalue weighted by atomic mass is 79.9. The number of amides is 2. The topological polar surface area (TPSA) is 96.0 Å². The molecule has 0 heterocycles. The molecule has 46 heavy (non-hydrogen) atoms. The lowest BCUT2D eigenvalue weighted by atomic mass is 10.0. The molecule has 0 aliphatic rings. The molecule has 0 saturated heterocycles. The first-order valence-electron chi connectivity index (χ1n) is 15.0. The van der Waals surface area contributed by atoms with Crippen LogP contribution in [0.25, 0.3) is 0 Å². The van der Waals surface area contributed by atoms with Gasteiger partial charge in [-0.05, 0) is 85.1 Å². The number of ether oxygens (including phenoxy) is 1. The number of rotatable bonds is 13. The predicted octanol–water partition coefficient (Wildman–Crippen LogP) is 6.43. The Hall–Kier alpha value is -4.15. The van der Waals surface area contributed by atoms with Crippen molar-refractivity contribution >= 4 is 43.5 Å². The van der Waals surface area contributed by atoms with E-state index in [1.165, 1.54) is 24.1 Å². The molecule has 4 aromatic rings. The van der Waals surface area contributed by atoms with Gasteiger partial charge in [-0.1, -0.05) is 77.9 Å². The van der Waals surface area contributed by atoms with Crippen molar-refractivity contribution in [3.63, 3.8) is 0 Å². The number of hydrogen-bond donors (Lipinski definition) is 1. The molecule has 8 nitrogen and oxygen atoms in total. The van der Waals surface area contributed by atoms with Crippen LogP contribution in [0.4, 0.5) is 5.69 Å². The molecule has 4 rings (SSSR count). The third kappa shape index (κ3) is 8.76. The maximum absolute atomic E-state index is 14.6. The van der Waals surface area contributed by atoms with Gasteiger partial charge in [0.15, 0.2) is 0 Å². The number of sulfonamides is 1. The summed E-state index contributed by atoms with van der Waals surface area (Å²) in [5.41, 5.74) is 3.97. The van der Waals surface area contributed by atoms with E-state index in [2.05, 4.69) is 21.2 Å². The fourth-order valence-corrected chi connectivity index (χ4v) is 7.25. The average Bonchev–Trinajstić information content (AvgIpc) is 3.02. The summed E-state index contributed by atoms with van der Waals surface area (Å²) in [5, 5.41) is 2.98. The van der Waals surface area contributed by atoms with Gasteiger partial charge in [-0.2, -0.15) is 0 Å². The number of carbonyl (C=O) groups excluding carboxylic acids is 2. The van der Waals surface area contributed by atoms with Gasteiger partial charge in [0.05, 0.1) is 22.2 Å². The highest BCUT2D eigenvalue weighted by Crippen LogP contribution is 2.31. The Morgan fingerprint density at radius 2 is 1.52 bits per heavy atom. The zero-order valence-corrected chi connectivity index (χ0v) is 29.1. The summed E-state index contributed by atoms with van der Waals surface area (Å²) in [5.74, 6) is -0.358. The molecule has 0 unspecified atom stereocenters. The molecule has 2 amide bonds. The zero-order valence-electron chi connectivity index (χ0n) is 26.7. The van der Waals surface area contributed by atoms with Gasteiger partial charge in [-0.25, -0.2) is 8.42 Å². The van der Waals surface area contributed by atoms with Crippen LogP contribution in [0.3, 0.4) is 0 Å². The summed E-state index contributed by atoms with van der Waals surface area (Å²) in [4.78, 5) is 29.9. The molecule has 0 aromatic heterocycles. The number of nitrogens with zero attached hydrogens (tertiary/aromatic N) is 2. The first kappa shape index (κ1) is 34.7. The molecule has 0 fully saturated rings. The van der Waals surface area contributed by atoms with Crippen LogP contribution in [0.15, 0.2) is 106 Å². The van der Waals surface area contributed by atoms with E-state index in [1.54, 1.807) is 30.3 Å². The van der Waals surface area contributed by atoms with Gasteiger partial charge in [-0.15, -0.1) is 0 Å². The Bertz CT molecular complexity index is 1760. The maximum atomic E-state index is 14.6. The minimum absolute atomic E-state index is 0.0165. The Morgan fingerprint density at radius 1 is 0.848 bits per heavy atom. The van der Waals surface area contributed by atoms with Crippen LogP contribution in [0.5, 0.6) is 5.75 Å². The Kier molecular flexibility index (Phi) is 11.6. The Morgan fingerprint density at radius 3 is 2.13 bits per heavy atom. The normalized spacial score (nSPS) is 12.0. The SMILES string of the molecule is COc1ccc(S(=O)(=O)N(CC(=O)N(Cc2cccc(C)c2)[C@@H](Cc2ccccc2)C(=O)NC(C)C)c2ccc(C)cc2)cc1Br. The highest BCUT2D eigenvalue weighted by molar-refractivity contribution is 9.10. The summed E-state index contributed by atoms with van der Waals surface area (Å²) in [6.07, 6.45) is 0.250. The van der Waals surface area contributed by atoms with Gasteiger partial charge in [0.1, 0.15) is 18.3 Å². The fraction of sp³-hybridized carbons (Fsp3) is 0.278. The molecule has 242 valence electrons. The number of benzene rings is 4. The van der Waals surface area contributed by atoms with Crippen LogP contribution in [-0.4, -0.2) is 50.9 Å². The Labute approximate surface area is 280 Å². The minimum Gasteiger partial charge on any atom is -0.496 e. The van der Waals surface area contributed by atoms with Crippen molar-refractivity contribution in [1.29, 1.82) is 0 Å². The number of hydrogen-bond acceptors (Lipinski definition) is 5. The summed E-state index contributed by atoms with van der Waals surface area (Å²) in [6, 6.07) is 27.6. The third-order valence-electron chi connectivity index (χ3n) is 7.45. The number of carbonyl (C=O) groups is 2. The third-order valence-corrected chi connectivity index (χ3v) is 9.84. The van der Waals surface area contributed by atoms with Gasteiger partial charge in [0.2, 0.25) is 11.8 Å². The molecular formula is C36H40BrN3O5S. The van der Waals surface area contributed by atoms with Crippen molar-refractivity contribution in [3.8, 4) is 5.75 Å². The molecule has 1 atom stereocenters. The van der Waals surface area contributed by atoms with E-state index in [-0.39, 0.29) is 29.8 Å². The van der Waals surface area contributed by atoms with Crippen LogP contribution in [-0.2, 0) is 32.6 Å². The summed E-state index contributed by atoms with van der Waals surface area (Å²) < 4.78 is 35.4. The zero-order chi connectivity index (χ0) is 33.4. The van der Waals surface area contributed by atoms with Gasteiger partial charge in [0, 0.05) is 19.0 Å². The molecule has 0 aliphatic carbocycles. The van der Waals surface area contributed by atoms with Crippen molar-refractivity contribution in [3.05, 3.63) is 124 Å². The van der Waals surface area contributed by atoms with Crippen molar-refractivity contribution in [2.45, 2.75) is 57.6 Å². The molecule has 0 radical (unpaired) electrons. The Balaban J connectivity index is 1.82. The van der Waals surface area contributed by atoms with Gasteiger partial charge >= 0.3 is 0 Å². The number of nitrogens with one attached hydrogen (secondary N) is 1. The second-order valence-corrected chi connectivity index (χ2v) is 14.2. The smallest absolute Gasteiger partial charge is 0.264 e. The lowest BCUT2D eigenvalue weighted by molar-refractivity contribution is -0.140. The molecular weight excluding hydrogens is 666 g/mol. The lowest BCUT2D eigenvalue weighted by Gasteiger charge is -2.34. The van der Waals surface area contributed by atoms with Gasteiger partial charge in [-0.3, -0.25) is 13.9 Å². The van der Waals surface area contributed by atoms with E-state index >= 15 is 0 Å². The second-order valence-electron chi connectivity index (χ2n) is 11.5. The number of halogens is 1. The fourth-order valence-electron chi connectivity index (χ4n) is 5.12. The first-order valence-corrected chi connectivity index (χ1v) is 17.2. The van der Waals surface area contributed by atoms with Crippen LogP contribution >= 0.6 is 15.9 Å². The van der Waals surface area contributed by atoms with Crippen LogP contribution < -0.4 is 14.4 Å². The van der Waals surface area contributed by atoms with E-state index in [4.69, 9.17) is 4.74 Å². The molecule has 0 aliphatic heterocycles. The minimum atomic E-state index is -4.25. The van der Waals surface area contributed by atoms with Gasteiger partial charge < -0.3 is 15.0 Å². The van der Waals surface area contributed by atoms with Crippen molar-refractivity contribution < 1.29 is 22.7 Å². The number of anilines is 1. The largest absolute Gasteiger partial charge is 0.496 e. The standard InChI is InChI=1S/C36H40BrN3O5S/c1-25(2)38-36(42)33(21-28-11-7-6-8-12-28)39(23-29-13-9-10-27(4)20-29)35(41)24-40(30-16-14-26(3)15-17-30)46(43,44)31-18-19-34(45-5)32(37)22-31/h6-20,22,25,33H,21,23-24H2,1-5H3,(H,38,42)/t33-/m0/s1. The van der Waals surface area contributed by atoms with E-state index in [1.807, 2.05) is 82.3 Å². The van der Waals surface area contributed by atoms with Gasteiger partial charge in [0.25, 0.3) is 10.0 Å². The quantitative estimate of drug-likeness (QED) is 0.173. The monoisotopic (exact) mass is 705 g/mol. The van der Waals surface area contributed by atoms with E-state index in [0.29, 0.717) is 15.9 Å². The lowest BCUT2D eigenvalue weighted by Crippen LogP contribution is -2.54. The predicted molar refractivity (Wildman–Crippen MR) is 185 cm³/mol. The van der Waals surface area contributed by atoms with E-state index < -0.39 is 28.5 Å². The molecule has 4 aromatic carbocycles. The van der Waals surface area contributed by atoms with E-state index in [0.717, 1.165) is 26.6 Å². The van der Waals surface area contributed by atoms with Crippen molar-refractivity contribution in [2.75, 3.05) is 18.0 Å². The van der Waals surface area contributed by atoms with E-state index in [9.17, 15) is 18.0 Å². The molecule has 10 heteroatoms. The maximum Gasteiger partial charge on any atom is 0.264 e. The average molecular weight is 707 g/mol. The van der Waals surface area contributed by atoms with Crippen molar-refractivity contribution in [1.82, 2.24) is 10.2 Å². The molecule has 0 bridgehead atoms. The summed E-state index contributed by atoms with van der Waals surface area (Å²) >= 11 is 3.39. The molecule has 1 N–H and O–H groups in total. The first-order chi connectivity index (χ1) is 21.9. The number of methoxy groups -OCH3 is 1. The molecule has 0 spiro atoms. The van der Waals surface area contributed by atoms with Crippen LogP contribution in [0.2, 0.25) is 0 Å². The summed E-state index contributed by atoms with van der Waals surface area (Å²) in [7, 11) is -2.75. The second kappa shape index (κ2) is 15.4. The van der Waals surface area contributed by atoms with Crippen LogP contribution in [0, 0.1) is 13.8 Å². The van der Waals surface area contributed by atoms with Crippen LogP contribution in [0.1, 0.15) is 36.1 Å². The summed E-state index contributed by atoms with van der Waals surface area (Å²) in [6.45, 7) is 7.17. The molecule has 0 saturated carbocycles.